The number of aryl methyl sites for hydroxylation is 1. The molecular formula is C26H24ClN5O2S. The van der Waals surface area contributed by atoms with Crippen LogP contribution in [-0.4, -0.2) is 33.2 Å². The normalized spacial score (nSPS) is 10.6. The Hall–Kier alpha value is -3.75. The molecule has 0 saturated heterocycles. The van der Waals surface area contributed by atoms with E-state index in [2.05, 4.69) is 20.6 Å². The van der Waals surface area contributed by atoms with Crippen molar-refractivity contribution in [1.82, 2.24) is 20.2 Å². The zero-order chi connectivity index (χ0) is 24.6. The highest BCUT2D eigenvalue weighted by molar-refractivity contribution is 7.14. The molecule has 0 aliphatic rings. The summed E-state index contributed by atoms with van der Waals surface area (Å²) in [6.45, 7) is 2.43. The number of amides is 2. The first kappa shape index (κ1) is 24.4. The van der Waals surface area contributed by atoms with E-state index >= 15 is 0 Å². The van der Waals surface area contributed by atoms with Gasteiger partial charge in [0.15, 0.2) is 5.13 Å². The minimum atomic E-state index is -0.325. The summed E-state index contributed by atoms with van der Waals surface area (Å²) in [6.07, 6.45) is 1.67. The number of nitrogens with one attached hydrogen (secondary N) is 2. The van der Waals surface area contributed by atoms with Crippen LogP contribution in [0.1, 0.15) is 27.3 Å². The average Bonchev–Trinajstić information content (AvgIpc) is 3.34. The molecule has 2 aromatic heterocycles. The highest BCUT2D eigenvalue weighted by Crippen LogP contribution is 2.26. The highest BCUT2D eigenvalue weighted by Gasteiger charge is 2.22. The van der Waals surface area contributed by atoms with Gasteiger partial charge >= 0.3 is 0 Å². The van der Waals surface area contributed by atoms with Gasteiger partial charge in [0.2, 0.25) is 5.91 Å². The third-order valence-corrected chi connectivity index (χ3v) is 6.19. The Labute approximate surface area is 212 Å². The second-order valence-electron chi connectivity index (χ2n) is 7.87. The van der Waals surface area contributed by atoms with Crippen LogP contribution in [0.4, 0.5) is 10.8 Å². The van der Waals surface area contributed by atoms with Gasteiger partial charge in [0.1, 0.15) is 12.2 Å². The van der Waals surface area contributed by atoms with Crippen LogP contribution in [0.15, 0.2) is 78.3 Å². The molecule has 0 aliphatic carbocycles. The van der Waals surface area contributed by atoms with Crippen LogP contribution in [0.2, 0.25) is 5.02 Å². The third-order valence-electron chi connectivity index (χ3n) is 5.20. The van der Waals surface area contributed by atoms with Crippen molar-refractivity contribution in [2.45, 2.75) is 20.0 Å². The lowest BCUT2D eigenvalue weighted by Gasteiger charge is -2.21. The number of carbonyl (C=O) groups excluding carboxylic acids is 2. The molecular weight excluding hydrogens is 482 g/mol. The molecule has 7 nitrogen and oxygen atoms in total. The number of anilines is 2. The first-order valence-corrected chi connectivity index (χ1v) is 12.2. The van der Waals surface area contributed by atoms with Crippen molar-refractivity contribution in [3.05, 3.63) is 106 Å². The zero-order valence-electron chi connectivity index (χ0n) is 19.1. The molecule has 0 unspecified atom stereocenters. The molecule has 0 bridgehead atoms. The van der Waals surface area contributed by atoms with Gasteiger partial charge in [0.05, 0.1) is 12.2 Å². The van der Waals surface area contributed by atoms with Gasteiger partial charge in [-0.05, 0) is 42.3 Å². The summed E-state index contributed by atoms with van der Waals surface area (Å²) >= 11 is 7.43. The summed E-state index contributed by atoms with van der Waals surface area (Å²) in [7, 11) is 0. The van der Waals surface area contributed by atoms with Gasteiger partial charge in [-0.25, -0.2) is 4.98 Å². The zero-order valence-corrected chi connectivity index (χ0v) is 20.6. The summed E-state index contributed by atoms with van der Waals surface area (Å²) in [5.74, 6) is -0.600. The van der Waals surface area contributed by atoms with E-state index in [1.165, 1.54) is 16.2 Å². The number of carbonyl (C=O) groups is 2. The molecule has 2 amide bonds. The number of nitrogens with zero attached hydrogens (tertiary/aromatic N) is 3. The summed E-state index contributed by atoms with van der Waals surface area (Å²) in [6, 6.07) is 20.6. The van der Waals surface area contributed by atoms with Crippen molar-refractivity contribution in [2.24, 2.45) is 0 Å². The molecule has 2 heterocycles. The van der Waals surface area contributed by atoms with Crippen LogP contribution in [0.25, 0.3) is 0 Å². The van der Waals surface area contributed by atoms with Gasteiger partial charge in [-0.2, -0.15) is 0 Å². The van der Waals surface area contributed by atoms with E-state index in [4.69, 9.17) is 11.6 Å². The number of aromatic nitrogens is 2. The lowest BCUT2D eigenvalue weighted by molar-refractivity contribution is -0.122. The van der Waals surface area contributed by atoms with Crippen molar-refractivity contribution in [3.8, 4) is 0 Å². The molecule has 2 N–H and O–H groups in total. The van der Waals surface area contributed by atoms with E-state index in [0.29, 0.717) is 10.2 Å². The van der Waals surface area contributed by atoms with E-state index in [1.807, 2.05) is 73.7 Å². The van der Waals surface area contributed by atoms with Gasteiger partial charge in [-0.15, -0.1) is 11.3 Å². The topological polar surface area (TPSA) is 87.2 Å². The summed E-state index contributed by atoms with van der Waals surface area (Å²) in [4.78, 5) is 36.2. The number of hydrogen-bond donors (Lipinski definition) is 2. The smallest absolute Gasteiger partial charge is 0.274 e. The molecule has 4 aromatic rings. The van der Waals surface area contributed by atoms with Gasteiger partial charge in [0.25, 0.3) is 5.91 Å². The van der Waals surface area contributed by atoms with E-state index in [1.54, 1.807) is 11.6 Å². The number of thiazole rings is 1. The van der Waals surface area contributed by atoms with Crippen LogP contribution in [0.5, 0.6) is 0 Å². The lowest BCUT2D eigenvalue weighted by Crippen LogP contribution is -2.40. The molecule has 9 heteroatoms. The van der Waals surface area contributed by atoms with Crippen LogP contribution < -0.4 is 10.6 Å². The third kappa shape index (κ3) is 6.88. The molecule has 0 radical (unpaired) electrons. The Kier molecular flexibility index (Phi) is 8.07. The fourth-order valence-electron chi connectivity index (χ4n) is 3.36. The molecule has 0 atom stereocenters. The molecule has 0 aliphatic heterocycles. The molecule has 178 valence electrons. The average molecular weight is 506 g/mol. The van der Waals surface area contributed by atoms with Crippen molar-refractivity contribution in [2.75, 3.05) is 11.9 Å². The first-order valence-electron chi connectivity index (χ1n) is 11.0. The van der Waals surface area contributed by atoms with Gasteiger partial charge < -0.3 is 15.5 Å². The Bertz CT molecular complexity index is 1300. The fraction of sp³-hybridized carbons (Fsp3) is 0.154. The number of rotatable bonds is 9. The Morgan fingerprint density at radius 1 is 1.06 bits per heavy atom. The van der Waals surface area contributed by atoms with E-state index in [-0.39, 0.29) is 37.1 Å². The second kappa shape index (κ2) is 11.6. The van der Waals surface area contributed by atoms with E-state index in [0.717, 1.165) is 22.5 Å². The van der Waals surface area contributed by atoms with Gasteiger partial charge in [-0.3, -0.25) is 14.6 Å². The van der Waals surface area contributed by atoms with Crippen molar-refractivity contribution in [3.63, 3.8) is 0 Å². The van der Waals surface area contributed by atoms with Crippen LogP contribution >= 0.6 is 22.9 Å². The summed E-state index contributed by atoms with van der Waals surface area (Å²) in [5, 5.41) is 8.92. The quantitative estimate of drug-likeness (QED) is 0.326. The molecule has 2 aromatic carbocycles. The molecule has 0 fully saturated rings. The van der Waals surface area contributed by atoms with Crippen LogP contribution in [-0.2, 0) is 17.9 Å². The van der Waals surface area contributed by atoms with Crippen molar-refractivity contribution >= 4 is 45.6 Å². The SMILES string of the molecule is Cc1ccc(Cl)cc1Nc1nc(C(=O)N(CC(=O)NCc2ccccn2)Cc2ccccc2)cs1. The second-order valence-corrected chi connectivity index (χ2v) is 9.16. The van der Waals surface area contributed by atoms with Crippen LogP contribution in [0, 0.1) is 6.92 Å². The van der Waals surface area contributed by atoms with Gasteiger partial charge in [0, 0.05) is 28.8 Å². The number of benzene rings is 2. The standard InChI is InChI=1S/C26H24ClN5O2S/c1-18-10-11-20(27)13-22(18)30-26-31-23(17-35-26)25(34)32(15-19-7-3-2-4-8-19)16-24(33)29-14-21-9-5-6-12-28-21/h2-13,17H,14-16H2,1H3,(H,29,33)(H,30,31). The Balaban J connectivity index is 1.47. The maximum absolute atomic E-state index is 13.4. The number of pyridine rings is 1. The number of halogens is 1. The molecule has 4 rings (SSSR count). The van der Waals surface area contributed by atoms with Crippen LogP contribution in [0.3, 0.4) is 0 Å². The summed E-state index contributed by atoms with van der Waals surface area (Å²) in [5.41, 5.74) is 3.76. The minimum Gasteiger partial charge on any atom is -0.349 e. The van der Waals surface area contributed by atoms with Crippen molar-refractivity contribution in [1.29, 1.82) is 0 Å². The predicted octanol–water partition coefficient (Wildman–Crippen LogP) is 5.20. The first-order chi connectivity index (χ1) is 17.0. The van der Waals surface area contributed by atoms with Crippen molar-refractivity contribution < 1.29 is 9.59 Å². The molecule has 35 heavy (non-hydrogen) atoms. The highest BCUT2D eigenvalue weighted by atomic mass is 35.5. The van der Waals surface area contributed by atoms with E-state index < -0.39 is 0 Å². The monoisotopic (exact) mass is 505 g/mol. The molecule has 0 saturated carbocycles. The lowest BCUT2D eigenvalue weighted by atomic mass is 10.2. The maximum Gasteiger partial charge on any atom is 0.274 e. The Morgan fingerprint density at radius 3 is 2.63 bits per heavy atom. The molecule has 0 spiro atoms. The van der Waals surface area contributed by atoms with E-state index in [9.17, 15) is 9.59 Å². The maximum atomic E-state index is 13.4. The predicted molar refractivity (Wildman–Crippen MR) is 139 cm³/mol. The number of hydrogen-bond acceptors (Lipinski definition) is 6. The fourth-order valence-corrected chi connectivity index (χ4v) is 4.23. The largest absolute Gasteiger partial charge is 0.349 e. The Morgan fingerprint density at radius 2 is 1.86 bits per heavy atom. The summed E-state index contributed by atoms with van der Waals surface area (Å²) < 4.78 is 0. The minimum absolute atomic E-state index is 0.103. The van der Waals surface area contributed by atoms with Gasteiger partial charge in [-0.1, -0.05) is 54.1 Å².